The summed E-state index contributed by atoms with van der Waals surface area (Å²) in [5, 5.41) is 10.5. The molecular weight excluding hydrogens is 1140 g/mol. The first-order valence-electron chi connectivity index (χ1n) is 35.1. The quantitative estimate of drug-likeness (QED) is 0.0222. The Bertz CT molecular complexity index is 1670. The fourth-order valence-electron chi connectivity index (χ4n) is 10.1. The summed E-state index contributed by atoms with van der Waals surface area (Å²) in [5.41, 5.74) is 0. The summed E-state index contributed by atoms with van der Waals surface area (Å²) < 4.78 is 67.9. The second kappa shape index (κ2) is 60.6. The van der Waals surface area contributed by atoms with Crippen molar-refractivity contribution in [3.8, 4) is 0 Å². The van der Waals surface area contributed by atoms with Crippen LogP contribution < -0.4 is 0 Å². The highest BCUT2D eigenvalue weighted by Crippen LogP contribution is 2.45. The number of ether oxygens (including phenoxy) is 4. The maximum Gasteiger partial charge on any atom is 0.472 e. The number of aliphatic hydroxyl groups excluding tert-OH is 1. The molecule has 0 bridgehead atoms. The Morgan fingerprint density at radius 1 is 0.314 bits per heavy atom. The summed E-state index contributed by atoms with van der Waals surface area (Å²) in [5.74, 6) is -1.44. The molecule has 19 heteroatoms. The van der Waals surface area contributed by atoms with Crippen molar-refractivity contribution < 1.29 is 80.2 Å². The fourth-order valence-corrected chi connectivity index (χ4v) is 11.7. The number of carbonyl (C=O) groups is 4. The van der Waals surface area contributed by atoms with Crippen LogP contribution in [0, 0.1) is 5.92 Å². The van der Waals surface area contributed by atoms with E-state index in [2.05, 4.69) is 34.6 Å². The molecule has 0 aromatic carbocycles. The number of phosphoric ester groups is 2. The molecule has 17 nitrogen and oxygen atoms in total. The van der Waals surface area contributed by atoms with E-state index in [9.17, 15) is 43.2 Å². The van der Waals surface area contributed by atoms with E-state index in [0.717, 1.165) is 96.3 Å². The maximum atomic E-state index is 13.0. The summed E-state index contributed by atoms with van der Waals surface area (Å²) in [6, 6.07) is 0. The van der Waals surface area contributed by atoms with Crippen molar-refractivity contribution in [3.05, 3.63) is 0 Å². The van der Waals surface area contributed by atoms with Crippen LogP contribution in [0.3, 0.4) is 0 Å². The van der Waals surface area contributed by atoms with Crippen LogP contribution in [0.5, 0.6) is 0 Å². The molecule has 2 unspecified atom stereocenters. The largest absolute Gasteiger partial charge is 0.472 e. The lowest BCUT2D eigenvalue weighted by Crippen LogP contribution is -2.30. The molecule has 5 atom stereocenters. The van der Waals surface area contributed by atoms with E-state index in [0.29, 0.717) is 31.6 Å². The monoisotopic (exact) mass is 1270 g/mol. The first kappa shape index (κ1) is 84.1. The van der Waals surface area contributed by atoms with Crippen LogP contribution in [-0.2, 0) is 65.4 Å². The van der Waals surface area contributed by atoms with Gasteiger partial charge in [0.2, 0.25) is 0 Å². The Morgan fingerprint density at radius 2 is 0.535 bits per heavy atom. The number of aliphatic hydroxyl groups is 1. The van der Waals surface area contributed by atoms with Crippen molar-refractivity contribution in [2.45, 2.75) is 361 Å². The Hall–Kier alpha value is -1.94. The SMILES string of the molecule is CCCCCCCCCCCCCCCCCCCCCC(=O)O[C@H](COC(=O)CCCCCCCCCCCCCC)COP(=O)(O)OC[C@@H](O)COP(=O)(O)OC[C@@H](COC(=O)CCCCCCC)OC(=O)CCCCCCCCCC(C)C. The van der Waals surface area contributed by atoms with Gasteiger partial charge in [0, 0.05) is 25.7 Å². The second-order valence-electron chi connectivity index (χ2n) is 24.7. The molecule has 0 aliphatic heterocycles. The Labute approximate surface area is 524 Å². The molecule has 0 aromatic heterocycles. The van der Waals surface area contributed by atoms with Crippen molar-refractivity contribution in [1.29, 1.82) is 0 Å². The van der Waals surface area contributed by atoms with E-state index in [1.807, 2.05) is 0 Å². The number of unbranched alkanes of at least 4 members (excludes halogenated alkanes) is 39. The number of hydrogen-bond donors (Lipinski definition) is 3. The minimum Gasteiger partial charge on any atom is -0.462 e. The number of carbonyl (C=O) groups excluding carboxylic acids is 4. The number of esters is 4. The maximum absolute atomic E-state index is 13.0. The van der Waals surface area contributed by atoms with Gasteiger partial charge in [-0.2, -0.15) is 0 Å². The summed E-state index contributed by atoms with van der Waals surface area (Å²) in [4.78, 5) is 72.1. The molecule has 86 heavy (non-hydrogen) atoms. The third-order valence-electron chi connectivity index (χ3n) is 15.5. The first-order chi connectivity index (χ1) is 41.5. The third-order valence-corrected chi connectivity index (χ3v) is 17.4. The van der Waals surface area contributed by atoms with Crippen molar-refractivity contribution in [2.24, 2.45) is 5.92 Å². The van der Waals surface area contributed by atoms with Crippen LogP contribution in [0.15, 0.2) is 0 Å². The van der Waals surface area contributed by atoms with Crippen molar-refractivity contribution in [2.75, 3.05) is 39.6 Å². The molecule has 3 N–H and O–H groups in total. The molecule has 0 saturated carbocycles. The number of rotatable bonds is 67. The van der Waals surface area contributed by atoms with E-state index >= 15 is 0 Å². The van der Waals surface area contributed by atoms with E-state index in [-0.39, 0.29) is 25.7 Å². The van der Waals surface area contributed by atoms with Crippen LogP contribution in [-0.4, -0.2) is 96.7 Å². The first-order valence-corrected chi connectivity index (χ1v) is 38.1. The van der Waals surface area contributed by atoms with E-state index in [4.69, 9.17) is 37.0 Å². The Morgan fingerprint density at radius 3 is 0.791 bits per heavy atom. The highest BCUT2D eigenvalue weighted by atomic mass is 31.2. The summed E-state index contributed by atoms with van der Waals surface area (Å²) >= 11 is 0. The van der Waals surface area contributed by atoms with Gasteiger partial charge in [-0.3, -0.25) is 37.3 Å². The van der Waals surface area contributed by atoms with Crippen LogP contribution in [0.1, 0.15) is 343 Å². The average molecular weight is 1270 g/mol. The highest BCUT2D eigenvalue weighted by molar-refractivity contribution is 7.47. The second-order valence-corrected chi connectivity index (χ2v) is 27.6. The number of hydrogen-bond acceptors (Lipinski definition) is 15. The van der Waals surface area contributed by atoms with Gasteiger partial charge < -0.3 is 33.8 Å². The van der Waals surface area contributed by atoms with Crippen molar-refractivity contribution in [3.63, 3.8) is 0 Å². The Balaban J connectivity index is 5.13. The zero-order valence-electron chi connectivity index (χ0n) is 55.4. The molecule has 0 fully saturated rings. The van der Waals surface area contributed by atoms with E-state index in [1.54, 1.807) is 0 Å². The normalized spacial score (nSPS) is 14.2. The van der Waals surface area contributed by atoms with Crippen LogP contribution >= 0.6 is 15.6 Å². The van der Waals surface area contributed by atoms with Gasteiger partial charge in [-0.15, -0.1) is 0 Å². The van der Waals surface area contributed by atoms with Crippen molar-refractivity contribution >= 4 is 39.5 Å². The van der Waals surface area contributed by atoms with Crippen LogP contribution in [0.25, 0.3) is 0 Å². The summed E-state index contributed by atoms with van der Waals surface area (Å²) in [7, 11) is -9.88. The van der Waals surface area contributed by atoms with Crippen molar-refractivity contribution in [1.82, 2.24) is 0 Å². The van der Waals surface area contributed by atoms with Gasteiger partial charge in [0.15, 0.2) is 12.2 Å². The molecule has 0 aromatic rings. The van der Waals surface area contributed by atoms with E-state index in [1.165, 1.54) is 161 Å². The average Bonchev–Trinajstić information content (AvgIpc) is 3.49. The number of phosphoric acid groups is 2. The molecule has 0 aliphatic rings. The molecule has 0 heterocycles. The van der Waals surface area contributed by atoms with Gasteiger partial charge in [0.1, 0.15) is 19.3 Å². The molecular formula is C67H130O17P2. The molecule has 510 valence electrons. The van der Waals surface area contributed by atoms with Crippen LogP contribution in [0.2, 0.25) is 0 Å². The lowest BCUT2D eigenvalue weighted by Gasteiger charge is -2.21. The molecule has 0 rings (SSSR count). The molecule has 0 saturated heterocycles. The molecule has 0 aliphatic carbocycles. The fraction of sp³-hybridized carbons (Fsp3) is 0.940. The van der Waals surface area contributed by atoms with Gasteiger partial charge in [0.25, 0.3) is 0 Å². The smallest absolute Gasteiger partial charge is 0.462 e. The van der Waals surface area contributed by atoms with E-state index < -0.39 is 97.5 Å². The third kappa shape index (κ3) is 60.9. The summed E-state index contributed by atoms with van der Waals surface area (Å²) in [6.07, 6.45) is 46.4. The lowest BCUT2D eigenvalue weighted by atomic mass is 10.0. The predicted molar refractivity (Wildman–Crippen MR) is 345 cm³/mol. The standard InChI is InChI=1S/C67H130O17P2/c1-6-9-12-15-17-19-21-23-24-25-26-27-28-29-31-33-37-42-47-52-66(71)84-63(57-78-65(70)51-46-41-36-32-30-22-20-18-16-13-10-7-2)59-82-86(75,76)80-55-61(68)54-79-85(73,74)81-58-62(56-77-64(69)50-45-39-14-11-8-3)83-67(72)53-48-43-38-34-35-40-44-49-60(4)5/h60-63,68H,6-59H2,1-5H3,(H,73,74)(H,75,76)/t61-,62+,63+/m0/s1. The minimum absolute atomic E-state index is 0.103. The Kier molecular flexibility index (Phi) is 59.2. The van der Waals surface area contributed by atoms with Gasteiger partial charge in [-0.05, 0) is 31.6 Å². The van der Waals surface area contributed by atoms with Gasteiger partial charge in [0.05, 0.1) is 26.4 Å². The molecule has 0 radical (unpaired) electrons. The highest BCUT2D eigenvalue weighted by Gasteiger charge is 2.30. The van der Waals surface area contributed by atoms with Gasteiger partial charge in [-0.1, -0.05) is 291 Å². The van der Waals surface area contributed by atoms with Crippen LogP contribution in [0.4, 0.5) is 0 Å². The topological polar surface area (TPSA) is 237 Å². The van der Waals surface area contributed by atoms with Gasteiger partial charge >= 0.3 is 39.5 Å². The zero-order chi connectivity index (χ0) is 63.5. The summed E-state index contributed by atoms with van der Waals surface area (Å²) in [6.45, 7) is 7.07. The van der Waals surface area contributed by atoms with Gasteiger partial charge in [-0.25, -0.2) is 9.13 Å². The predicted octanol–water partition coefficient (Wildman–Crippen LogP) is 19.0. The lowest BCUT2D eigenvalue weighted by molar-refractivity contribution is -0.161. The zero-order valence-corrected chi connectivity index (χ0v) is 57.2. The molecule has 0 spiro atoms. The minimum atomic E-state index is -4.95. The molecule has 0 amide bonds.